The minimum Gasteiger partial charge on any atom is -0.228 e. The van der Waals surface area contributed by atoms with E-state index in [0.29, 0.717) is 26.2 Å². The van der Waals surface area contributed by atoms with Gasteiger partial charge in [0.15, 0.2) is 5.82 Å². The number of fused-ring (bicyclic) bond motifs is 1. The summed E-state index contributed by atoms with van der Waals surface area (Å²) < 4.78 is 14.0. The van der Waals surface area contributed by atoms with E-state index in [1.165, 1.54) is 6.07 Å². The molecule has 0 saturated heterocycles. The molecule has 0 spiro atoms. The summed E-state index contributed by atoms with van der Waals surface area (Å²) in [4.78, 5) is 8.69. The first-order valence-corrected chi connectivity index (χ1v) is 7.59. The molecule has 0 aliphatic heterocycles. The van der Waals surface area contributed by atoms with Gasteiger partial charge >= 0.3 is 0 Å². The number of hydrogen-bond acceptors (Lipinski definition) is 2. The molecule has 0 unspecified atom stereocenters. The van der Waals surface area contributed by atoms with Crippen LogP contribution >= 0.6 is 39.1 Å². The Morgan fingerprint density at radius 2 is 1.86 bits per heavy atom. The van der Waals surface area contributed by atoms with Crippen LogP contribution in [0.2, 0.25) is 10.2 Å². The highest BCUT2D eigenvalue weighted by Gasteiger charge is 2.12. The van der Waals surface area contributed by atoms with Gasteiger partial charge < -0.3 is 0 Å². The normalized spacial score (nSPS) is 11.1. The highest BCUT2D eigenvalue weighted by Crippen LogP contribution is 2.30. The first-order chi connectivity index (χ1) is 9.95. The van der Waals surface area contributed by atoms with Crippen LogP contribution in [0, 0.1) is 12.7 Å². The van der Waals surface area contributed by atoms with Crippen LogP contribution in [0.25, 0.3) is 22.3 Å². The van der Waals surface area contributed by atoms with Crippen molar-refractivity contribution in [3.63, 3.8) is 0 Å². The Morgan fingerprint density at radius 1 is 1.10 bits per heavy atom. The second-order valence-corrected chi connectivity index (χ2v) is 6.23. The highest BCUT2D eigenvalue weighted by molar-refractivity contribution is 9.10. The molecule has 0 amide bonds. The van der Waals surface area contributed by atoms with Gasteiger partial charge in [-0.25, -0.2) is 14.4 Å². The average molecular weight is 386 g/mol. The molecule has 3 rings (SSSR count). The first kappa shape index (κ1) is 14.7. The van der Waals surface area contributed by atoms with Gasteiger partial charge in [-0.3, -0.25) is 0 Å². The molecule has 106 valence electrons. The molecule has 2 nitrogen and oxygen atoms in total. The number of halogens is 4. The molecule has 1 heterocycles. The minimum absolute atomic E-state index is 0.273. The van der Waals surface area contributed by atoms with Crippen LogP contribution in [0.4, 0.5) is 4.39 Å². The number of nitrogens with zero attached hydrogens (tertiary/aromatic N) is 2. The Morgan fingerprint density at radius 3 is 2.62 bits per heavy atom. The van der Waals surface area contributed by atoms with E-state index in [1.54, 1.807) is 18.2 Å². The predicted molar refractivity (Wildman–Crippen MR) is 87.4 cm³/mol. The Bertz CT molecular complexity index is 868. The van der Waals surface area contributed by atoms with Crippen LogP contribution in [-0.2, 0) is 0 Å². The zero-order valence-corrected chi connectivity index (χ0v) is 13.9. The van der Waals surface area contributed by atoms with Crippen molar-refractivity contribution in [3.05, 3.63) is 56.4 Å². The van der Waals surface area contributed by atoms with E-state index in [1.807, 2.05) is 13.0 Å². The fraction of sp³-hybridized carbons (Fsp3) is 0.0667. The number of aryl methyl sites for hydroxylation is 1. The van der Waals surface area contributed by atoms with Crippen LogP contribution in [0.15, 0.2) is 34.8 Å². The maximum atomic E-state index is 13.7. The Hall–Kier alpha value is -1.23. The van der Waals surface area contributed by atoms with E-state index >= 15 is 0 Å². The van der Waals surface area contributed by atoms with Crippen molar-refractivity contribution in [1.82, 2.24) is 9.97 Å². The van der Waals surface area contributed by atoms with Crippen molar-refractivity contribution in [3.8, 4) is 11.4 Å². The van der Waals surface area contributed by atoms with Gasteiger partial charge in [-0.15, -0.1) is 0 Å². The van der Waals surface area contributed by atoms with Gasteiger partial charge in [0.05, 0.1) is 9.99 Å². The fourth-order valence-electron chi connectivity index (χ4n) is 2.04. The fourth-order valence-corrected chi connectivity index (χ4v) is 2.79. The Labute approximate surface area is 139 Å². The zero-order valence-electron chi connectivity index (χ0n) is 10.8. The van der Waals surface area contributed by atoms with Gasteiger partial charge in [-0.05, 0) is 46.6 Å². The van der Waals surface area contributed by atoms with Gasteiger partial charge in [0.1, 0.15) is 11.0 Å². The van der Waals surface area contributed by atoms with E-state index in [4.69, 9.17) is 23.2 Å². The van der Waals surface area contributed by atoms with Crippen LogP contribution < -0.4 is 0 Å². The van der Waals surface area contributed by atoms with Crippen molar-refractivity contribution in [2.75, 3.05) is 0 Å². The average Bonchev–Trinajstić information content (AvgIpc) is 2.43. The molecular formula is C15H8BrCl2FN2. The summed E-state index contributed by atoms with van der Waals surface area (Å²) >= 11 is 15.3. The number of aromatic nitrogens is 2. The molecule has 21 heavy (non-hydrogen) atoms. The summed E-state index contributed by atoms with van der Waals surface area (Å²) in [6, 6.07) is 8.34. The Kier molecular flexibility index (Phi) is 3.86. The second-order valence-electron chi connectivity index (χ2n) is 4.58. The molecule has 2 aromatic carbocycles. The monoisotopic (exact) mass is 384 g/mol. The summed E-state index contributed by atoms with van der Waals surface area (Å²) in [6.07, 6.45) is 0. The standard InChI is InChI=1S/C15H8BrCl2FN2/c1-7-2-3-8(17)4-9(7)15-20-13-6-12(19)11(16)5-10(13)14(18)21-15/h2-6H,1H3. The minimum atomic E-state index is -0.397. The van der Waals surface area contributed by atoms with Crippen molar-refractivity contribution in [2.45, 2.75) is 6.92 Å². The molecule has 0 saturated carbocycles. The third-order valence-corrected chi connectivity index (χ3v) is 4.26. The lowest BCUT2D eigenvalue weighted by Gasteiger charge is -2.08. The lowest BCUT2D eigenvalue weighted by atomic mass is 10.1. The van der Waals surface area contributed by atoms with Crippen LogP contribution in [-0.4, -0.2) is 9.97 Å². The third kappa shape index (κ3) is 2.76. The molecule has 0 radical (unpaired) electrons. The number of benzene rings is 2. The molecule has 0 atom stereocenters. The van der Waals surface area contributed by atoms with Crippen LogP contribution in [0.1, 0.15) is 5.56 Å². The smallest absolute Gasteiger partial charge is 0.161 e. The predicted octanol–water partition coefficient (Wildman–Crippen LogP) is 5.81. The molecule has 1 aromatic heterocycles. The van der Waals surface area contributed by atoms with Gasteiger partial charge in [0.25, 0.3) is 0 Å². The molecule has 0 bridgehead atoms. The molecule has 0 fully saturated rings. The zero-order chi connectivity index (χ0) is 15.1. The van der Waals surface area contributed by atoms with Gasteiger partial charge in [0, 0.05) is 22.0 Å². The lowest BCUT2D eigenvalue weighted by Crippen LogP contribution is -1.95. The lowest BCUT2D eigenvalue weighted by molar-refractivity contribution is 0.623. The van der Waals surface area contributed by atoms with Crippen molar-refractivity contribution >= 4 is 50.0 Å². The van der Waals surface area contributed by atoms with Crippen molar-refractivity contribution in [1.29, 1.82) is 0 Å². The van der Waals surface area contributed by atoms with Crippen molar-refractivity contribution < 1.29 is 4.39 Å². The van der Waals surface area contributed by atoms with E-state index in [2.05, 4.69) is 25.9 Å². The largest absolute Gasteiger partial charge is 0.228 e. The maximum absolute atomic E-state index is 13.7. The first-order valence-electron chi connectivity index (χ1n) is 6.04. The van der Waals surface area contributed by atoms with E-state index in [-0.39, 0.29) is 5.15 Å². The summed E-state index contributed by atoms with van der Waals surface area (Å²) in [5.41, 5.74) is 2.19. The van der Waals surface area contributed by atoms with E-state index < -0.39 is 5.82 Å². The maximum Gasteiger partial charge on any atom is 0.161 e. The van der Waals surface area contributed by atoms with Gasteiger partial charge in [-0.2, -0.15) is 0 Å². The van der Waals surface area contributed by atoms with Gasteiger partial charge in [-0.1, -0.05) is 29.3 Å². The van der Waals surface area contributed by atoms with Crippen LogP contribution in [0.5, 0.6) is 0 Å². The van der Waals surface area contributed by atoms with Gasteiger partial charge in [0.2, 0.25) is 0 Å². The topological polar surface area (TPSA) is 25.8 Å². The summed E-state index contributed by atoms with van der Waals surface area (Å²) in [5.74, 6) is 0.0280. The summed E-state index contributed by atoms with van der Waals surface area (Å²) in [6.45, 7) is 1.93. The second kappa shape index (κ2) is 5.52. The molecular weight excluding hydrogens is 378 g/mol. The highest BCUT2D eigenvalue weighted by atomic mass is 79.9. The number of rotatable bonds is 1. The number of hydrogen-bond donors (Lipinski definition) is 0. The SMILES string of the molecule is Cc1ccc(Cl)cc1-c1nc(Cl)c2cc(Br)c(F)cc2n1. The Balaban J connectivity index is 2.30. The molecule has 3 aromatic rings. The molecule has 0 aliphatic carbocycles. The van der Waals surface area contributed by atoms with E-state index in [9.17, 15) is 4.39 Å². The quantitative estimate of drug-likeness (QED) is 0.493. The molecule has 0 N–H and O–H groups in total. The third-order valence-electron chi connectivity index (χ3n) is 3.13. The molecule has 0 aliphatic rings. The van der Waals surface area contributed by atoms with E-state index in [0.717, 1.165) is 11.1 Å². The summed E-state index contributed by atoms with van der Waals surface area (Å²) in [7, 11) is 0. The van der Waals surface area contributed by atoms with Crippen LogP contribution in [0.3, 0.4) is 0 Å². The summed E-state index contributed by atoms with van der Waals surface area (Å²) in [5, 5.41) is 1.45. The molecule has 6 heteroatoms. The van der Waals surface area contributed by atoms with Crippen molar-refractivity contribution in [2.24, 2.45) is 0 Å².